The summed E-state index contributed by atoms with van der Waals surface area (Å²) in [6.07, 6.45) is 1.56. The molecule has 0 amide bonds. The Morgan fingerprint density at radius 2 is 1.84 bits per heavy atom. The molecular formula is C14H10N2O3. The summed E-state index contributed by atoms with van der Waals surface area (Å²) in [5, 5.41) is 0. The molecule has 0 saturated carbocycles. The van der Waals surface area contributed by atoms with Crippen LogP contribution < -0.4 is 4.74 Å². The van der Waals surface area contributed by atoms with Gasteiger partial charge in [-0.05, 0) is 24.6 Å². The van der Waals surface area contributed by atoms with Crippen molar-refractivity contribution in [2.75, 3.05) is 7.11 Å². The van der Waals surface area contributed by atoms with E-state index in [1.54, 1.807) is 24.4 Å². The van der Waals surface area contributed by atoms with Gasteiger partial charge in [-0.25, -0.2) is 4.98 Å². The van der Waals surface area contributed by atoms with Crippen LogP contribution in [0.4, 0.5) is 0 Å². The van der Waals surface area contributed by atoms with Crippen LogP contribution in [0.3, 0.4) is 0 Å². The maximum atomic E-state index is 12.3. The molecule has 5 nitrogen and oxygen atoms in total. The third-order valence-electron chi connectivity index (χ3n) is 3.02. The molecule has 0 N–H and O–H groups in total. The third kappa shape index (κ3) is 1.62. The lowest BCUT2D eigenvalue weighted by Gasteiger charge is -2.16. The first-order valence-corrected chi connectivity index (χ1v) is 5.73. The number of pyridine rings is 2. The number of hydrogen-bond donors (Lipinski definition) is 0. The Labute approximate surface area is 109 Å². The Balaban J connectivity index is 2.26. The maximum absolute atomic E-state index is 12.3. The van der Waals surface area contributed by atoms with E-state index in [0.29, 0.717) is 17.0 Å². The van der Waals surface area contributed by atoms with Gasteiger partial charge in [0.15, 0.2) is 5.78 Å². The SMILES string of the molecule is COc1ccc2c(n1)C(=O)c1ncc(C)cc1C2=O. The van der Waals surface area contributed by atoms with Gasteiger partial charge in [-0.15, -0.1) is 0 Å². The number of carbonyl (C=O) groups is 2. The zero-order chi connectivity index (χ0) is 13.6. The summed E-state index contributed by atoms with van der Waals surface area (Å²) in [7, 11) is 1.46. The van der Waals surface area contributed by atoms with Gasteiger partial charge >= 0.3 is 0 Å². The van der Waals surface area contributed by atoms with Gasteiger partial charge in [-0.1, -0.05) is 0 Å². The Morgan fingerprint density at radius 1 is 1.05 bits per heavy atom. The van der Waals surface area contributed by atoms with Crippen molar-refractivity contribution in [3.63, 3.8) is 0 Å². The van der Waals surface area contributed by atoms with Gasteiger partial charge in [-0.2, -0.15) is 0 Å². The van der Waals surface area contributed by atoms with Gasteiger partial charge in [0, 0.05) is 12.3 Å². The number of aromatic nitrogens is 2. The van der Waals surface area contributed by atoms with Gasteiger partial charge in [-0.3, -0.25) is 14.6 Å². The van der Waals surface area contributed by atoms with Crippen LogP contribution in [0, 0.1) is 6.92 Å². The Hall–Kier alpha value is -2.56. The van der Waals surface area contributed by atoms with Crippen molar-refractivity contribution in [3.05, 3.63) is 52.5 Å². The molecule has 0 unspecified atom stereocenters. The van der Waals surface area contributed by atoms with E-state index in [1.165, 1.54) is 7.11 Å². The molecule has 2 aromatic rings. The van der Waals surface area contributed by atoms with Crippen molar-refractivity contribution < 1.29 is 14.3 Å². The lowest BCUT2D eigenvalue weighted by molar-refractivity contribution is 0.0970. The second kappa shape index (κ2) is 3.98. The van der Waals surface area contributed by atoms with Gasteiger partial charge in [0.25, 0.3) is 0 Å². The fourth-order valence-electron chi connectivity index (χ4n) is 2.09. The summed E-state index contributed by atoms with van der Waals surface area (Å²) >= 11 is 0. The Morgan fingerprint density at radius 3 is 2.58 bits per heavy atom. The number of rotatable bonds is 1. The van der Waals surface area contributed by atoms with Gasteiger partial charge in [0.1, 0.15) is 11.4 Å². The van der Waals surface area contributed by atoms with Crippen LogP contribution in [-0.4, -0.2) is 28.6 Å². The minimum atomic E-state index is -0.344. The molecule has 0 atom stereocenters. The molecule has 0 spiro atoms. The Bertz CT molecular complexity index is 723. The summed E-state index contributed by atoms with van der Waals surface area (Å²) < 4.78 is 4.98. The molecule has 0 aliphatic heterocycles. The number of fused-ring (bicyclic) bond motifs is 2. The van der Waals surface area contributed by atoms with E-state index >= 15 is 0 Å². The highest BCUT2D eigenvalue weighted by molar-refractivity contribution is 6.26. The molecule has 1 aliphatic rings. The van der Waals surface area contributed by atoms with Crippen LogP contribution in [0.15, 0.2) is 24.4 Å². The standard InChI is InChI=1S/C14H10N2O3/c1-7-5-9-11(15-6-7)14(18)12-8(13(9)17)3-4-10(16-12)19-2/h3-6H,1-2H3. The predicted molar refractivity (Wildman–Crippen MR) is 66.6 cm³/mol. The van der Waals surface area contributed by atoms with E-state index in [-0.39, 0.29) is 23.0 Å². The minimum absolute atomic E-state index is 0.105. The largest absolute Gasteiger partial charge is 0.481 e. The first-order chi connectivity index (χ1) is 9.11. The van der Waals surface area contributed by atoms with Crippen LogP contribution in [0.5, 0.6) is 5.88 Å². The number of nitrogens with zero attached hydrogens (tertiary/aromatic N) is 2. The zero-order valence-corrected chi connectivity index (χ0v) is 10.4. The fourth-order valence-corrected chi connectivity index (χ4v) is 2.09. The van der Waals surface area contributed by atoms with Crippen LogP contribution in [-0.2, 0) is 0 Å². The van der Waals surface area contributed by atoms with Crippen LogP contribution in [0.1, 0.15) is 37.7 Å². The summed E-state index contributed by atoms with van der Waals surface area (Å²) in [6, 6.07) is 4.81. The van der Waals surface area contributed by atoms with Crippen LogP contribution in [0.2, 0.25) is 0 Å². The van der Waals surface area contributed by atoms with Gasteiger partial charge in [0.05, 0.1) is 18.2 Å². The molecule has 0 radical (unpaired) electrons. The van der Waals surface area contributed by atoms with Crippen molar-refractivity contribution in [1.82, 2.24) is 9.97 Å². The molecule has 0 bridgehead atoms. The molecule has 0 aromatic carbocycles. The molecule has 3 rings (SSSR count). The Kier molecular flexibility index (Phi) is 2.41. The minimum Gasteiger partial charge on any atom is -0.481 e. The monoisotopic (exact) mass is 254 g/mol. The average molecular weight is 254 g/mol. The highest BCUT2D eigenvalue weighted by Gasteiger charge is 2.32. The number of carbonyl (C=O) groups excluding carboxylic acids is 2. The van der Waals surface area contributed by atoms with Crippen molar-refractivity contribution in [3.8, 4) is 5.88 Å². The number of hydrogen-bond acceptors (Lipinski definition) is 5. The van der Waals surface area contributed by atoms with E-state index in [0.717, 1.165) is 5.56 Å². The highest BCUT2D eigenvalue weighted by atomic mass is 16.5. The lowest BCUT2D eigenvalue weighted by Crippen LogP contribution is -2.23. The number of ketones is 2. The molecule has 94 valence electrons. The van der Waals surface area contributed by atoms with Crippen molar-refractivity contribution in [2.24, 2.45) is 0 Å². The highest BCUT2D eigenvalue weighted by Crippen LogP contribution is 2.26. The van der Waals surface area contributed by atoms with Crippen molar-refractivity contribution in [2.45, 2.75) is 6.92 Å². The summed E-state index contributed by atoms with van der Waals surface area (Å²) in [4.78, 5) is 32.7. The quantitative estimate of drug-likeness (QED) is 0.659. The molecule has 5 heteroatoms. The van der Waals surface area contributed by atoms with E-state index in [9.17, 15) is 9.59 Å². The second-order valence-corrected chi connectivity index (χ2v) is 4.32. The molecule has 2 aromatic heterocycles. The molecule has 2 heterocycles. The first-order valence-electron chi connectivity index (χ1n) is 5.73. The number of methoxy groups -OCH3 is 1. The smallest absolute Gasteiger partial charge is 0.231 e. The van der Waals surface area contributed by atoms with Crippen LogP contribution >= 0.6 is 0 Å². The second-order valence-electron chi connectivity index (χ2n) is 4.32. The zero-order valence-electron chi connectivity index (χ0n) is 10.4. The van der Waals surface area contributed by atoms with Crippen molar-refractivity contribution >= 4 is 11.6 Å². The third-order valence-corrected chi connectivity index (χ3v) is 3.02. The summed E-state index contributed by atoms with van der Waals surface area (Å²) in [5.41, 5.74) is 1.73. The van der Waals surface area contributed by atoms with E-state index in [1.807, 2.05) is 6.92 Å². The molecule has 19 heavy (non-hydrogen) atoms. The molecular weight excluding hydrogens is 244 g/mol. The topological polar surface area (TPSA) is 69.2 Å². The number of ether oxygens (including phenoxy) is 1. The van der Waals surface area contributed by atoms with E-state index < -0.39 is 0 Å². The summed E-state index contributed by atoms with van der Waals surface area (Å²) in [6.45, 7) is 1.83. The van der Waals surface area contributed by atoms with Crippen molar-refractivity contribution in [1.29, 1.82) is 0 Å². The lowest BCUT2D eigenvalue weighted by atomic mass is 9.90. The van der Waals surface area contributed by atoms with E-state index in [2.05, 4.69) is 9.97 Å². The van der Waals surface area contributed by atoms with Gasteiger partial charge < -0.3 is 4.74 Å². The fraction of sp³-hybridized carbons (Fsp3) is 0.143. The normalized spacial score (nSPS) is 12.9. The molecule has 0 fully saturated rings. The predicted octanol–water partition coefficient (Wildman–Crippen LogP) is 1.57. The van der Waals surface area contributed by atoms with E-state index in [4.69, 9.17) is 4.74 Å². The first kappa shape index (κ1) is 11.5. The summed E-state index contributed by atoms with van der Waals surface area (Å²) in [5.74, 6) is -0.269. The maximum Gasteiger partial charge on any atom is 0.231 e. The average Bonchev–Trinajstić information content (AvgIpc) is 2.44. The molecule has 0 saturated heterocycles. The van der Waals surface area contributed by atoms with Crippen LogP contribution in [0.25, 0.3) is 0 Å². The van der Waals surface area contributed by atoms with Gasteiger partial charge in [0.2, 0.25) is 11.7 Å². The molecule has 1 aliphatic carbocycles. The number of aryl methyl sites for hydroxylation is 1.